The van der Waals surface area contributed by atoms with Crippen molar-refractivity contribution in [3.8, 4) is 17.2 Å². The molecule has 0 saturated heterocycles. The lowest BCUT2D eigenvalue weighted by Gasteiger charge is -2.21. The van der Waals surface area contributed by atoms with Crippen molar-refractivity contribution in [2.75, 3.05) is 16.0 Å². The van der Waals surface area contributed by atoms with Crippen LogP contribution >= 0.6 is 7.82 Å². The zero-order valence-corrected chi connectivity index (χ0v) is 35.6. The molecule has 3 unspecified atom stereocenters. The van der Waals surface area contributed by atoms with Crippen LogP contribution < -0.4 is 29.5 Å². The highest BCUT2D eigenvalue weighted by molar-refractivity contribution is 7.49. The van der Waals surface area contributed by atoms with Gasteiger partial charge in [-0.05, 0) is 124 Å². The number of carbonyl (C=O) groups is 3. The Morgan fingerprint density at radius 1 is 0.403 bits per heavy atom. The predicted octanol–water partition coefficient (Wildman–Crippen LogP) is 12.2. The van der Waals surface area contributed by atoms with Crippen LogP contribution in [0.15, 0.2) is 184 Å². The number of anilines is 3. The molecule has 0 aliphatic heterocycles. The number of nitrogens with one attached hydrogen (secondary N) is 3. The molecule has 0 spiro atoms. The Bertz CT molecular complexity index is 2290. The van der Waals surface area contributed by atoms with Crippen LogP contribution in [0.4, 0.5) is 17.1 Å². The van der Waals surface area contributed by atoms with E-state index >= 15 is 0 Å². The second-order valence-electron chi connectivity index (χ2n) is 14.5. The maximum absolute atomic E-state index is 14.7. The summed E-state index contributed by atoms with van der Waals surface area (Å²) in [5.74, 6) is 0.00366. The molecule has 6 aromatic rings. The van der Waals surface area contributed by atoms with Crippen LogP contribution in [0.3, 0.4) is 0 Å². The molecule has 0 fully saturated rings. The lowest BCUT2D eigenvalue weighted by atomic mass is 9.93. The first-order valence-electron chi connectivity index (χ1n) is 19.9. The molecule has 0 saturated carbocycles. The van der Waals surface area contributed by atoms with Crippen LogP contribution in [0.25, 0.3) is 0 Å². The van der Waals surface area contributed by atoms with E-state index < -0.39 is 7.82 Å². The van der Waals surface area contributed by atoms with Crippen molar-refractivity contribution >= 4 is 42.6 Å². The zero-order valence-electron chi connectivity index (χ0n) is 34.7. The number of hydrogen-bond acceptors (Lipinski definition) is 7. The lowest BCUT2D eigenvalue weighted by molar-refractivity contribution is -0.112. The van der Waals surface area contributed by atoms with E-state index in [1.165, 1.54) is 18.2 Å². The third kappa shape index (κ3) is 11.6. The maximum atomic E-state index is 14.7. The molecule has 314 valence electrons. The number of carbonyl (C=O) groups excluding carboxylic acids is 3. The van der Waals surface area contributed by atoms with Crippen molar-refractivity contribution in [3.63, 3.8) is 0 Å². The van der Waals surface area contributed by atoms with Gasteiger partial charge in [-0.15, -0.1) is 0 Å². The minimum absolute atomic E-state index is 0.00134. The van der Waals surface area contributed by atoms with E-state index in [-0.39, 0.29) is 52.7 Å². The summed E-state index contributed by atoms with van der Waals surface area (Å²) in [6, 6.07) is 44.4. The minimum Gasteiger partial charge on any atom is -0.386 e. The fourth-order valence-electron chi connectivity index (χ4n) is 6.62. The van der Waals surface area contributed by atoms with E-state index in [4.69, 9.17) is 13.6 Å². The molecule has 3 atom stereocenters. The van der Waals surface area contributed by atoms with Gasteiger partial charge in [0.2, 0.25) is 17.7 Å². The Labute approximate surface area is 362 Å². The molecule has 10 nitrogen and oxygen atoms in total. The number of phosphoric ester groups is 1. The second kappa shape index (κ2) is 20.2. The Hall–Kier alpha value is -7.42. The molecule has 0 radical (unpaired) electrons. The van der Waals surface area contributed by atoms with Gasteiger partial charge >= 0.3 is 7.82 Å². The summed E-state index contributed by atoms with van der Waals surface area (Å²) in [7, 11) is -4.36. The third-order valence-corrected chi connectivity index (χ3v) is 11.7. The van der Waals surface area contributed by atoms with Gasteiger partial charge < -0.3 is 29.5 Å². The van der Waals surface area contributed by atoms with Crippen molar-refractivity contribution < 1.29 is 32.5 Å². The monoisotopic (exact) mass is 845 g/mol. The minimum atomic E-state index is -4.36. The third-order valence-electron chi connectivity index (χ3n) is 10.4. The van der Waals surface area contributed by atoms with E-state index in [1.54, 1.807) is 36.4 Å². The van der Waals surface area contributed by atoms with Gasteiger partial charge in [0, 0.05) is 34.8 Å². The molecule has 0 bridgehead atoms. The van der Waals surface area contributed by atoms with Crippen molar-refractivity contribution in [1.29, 1.82) is 0 Å². The summed E-state index contributed by atoms with van der Waals surface area (Å²) < 4.78 is 32.9. The summed E-state index contributed by atoms with van der Waals surface area (Å²) in [5, 5.41) is 8.27. The van der Waals surface area contributed by atoms with Crippen LogP contribution in [0.1, 0.15) is 71.9 Å². The van der Waals surface area contributed by atoms with Gasteiger partial charge in [0.1, 0.15) is 17.2 Å². The number of benzene rings is 6. The summed E-state index contributed by atoms with van der Waals surface area (Å²) in [5.41, 5.74) is 8.06. The van der Waals surface area contributed by atoms with Crippen molar-refractivity contribution in [2.45, 2.75) is 38.5 Å². The molecule has 0 aliphatic carbocycles. The highest BCUT2D eigenvalue weighted by Gasteiger charge is 2.33. The van der Waals surface area contributed by atoms with E-state index in [9.17, 15) is 18.9 Å². The first-order valence-corrected chi connectivity index (χ1v) is 21.4. The predicted molar refractivity (Wildman–Crippen MR) is 247 cm³/mol. The van der Waals surface area contributed by atoms with E-state index in [1.807, 2.05) is 109 Å². The van der Waals surface area contributed by atoms with E-state index in [0.29, 0.717) is 17.1 Å². The molecule has 0 aliphatic rings. The summed E-state index contributed by atoms with van der Waals surface area (Å²) >= 11 is 0. The van der Waals surface area contributed by atoms with Gasteiger partial charge in [-0.2, -0.15) is 4.57 Å². The molecule has 0 heterocycles. The summed E-state index contributed by atoms with van der Waals surface area (Å²) in [6.07, 6.45) is 3.67. The van der Waals surface area contributed by atoms with Gasteiger partial charge in [-0.3, -0.25) is 14.4 Å². The topological polar surface area (TPSA) is 132 Å². The van der Waals surface area contributed by atoms with Crippen molar-refractivity contribution in [2.24, 2.45) is 0 Å². The van der Waals surface area contributed by atoms with E-state index in [2.05, 4.69) is 56.5 Å². The maximum Gasteiger partial charge on any atom is 0.647 e. The van der Waals surface area contributed by atoms with Crippen molar-refractivity contribution in [3.05, 3.63) is 217 Å². The quantitative estimate of drug-likeness (QED) is 0.0579. The largest absolute Gasteiger partial charge is 0.647 e. The van der Waals surface area contributed by atoms with Gasteiger partial charge in [0.15, 0.2) is 0 Å². The first-order chi connectivity index (χ1) is 29.8. The molecule has 6 aromatic carbocycles. The van der Waals surface area contributed by atoms with Crippen LogP contribution in [0, 0.1) is 0 Å². The molecule has 11 heteroatoms. The summed E-state index contributed by atoms with van der Waals surface area (Å²) in [6.45, 7) is 16.7. The van der Waals surface area contributed by atoms with Crippen LogP contribution in [0.2, 0.25) is 0 Å². The Morgan fingerprint density at radius 3 is 0.790 bits per heavy atom. The second-order valence-corrected chi connectivity index (χ2v) is 16.0. The average molecular weight is 846 g/mol. The number of amides is 3. The molecular formula is C51H48N3O7P. The number of rotatable bonds is 18. The highest BCUT2D eigenvalue weighted by Crippen LogP contribution is 2.50. The lowest BCUT2D eigenvalue weighted by Crippen LogP contribution is -2.08. The fraction of sp³-hybridized carbons (Fsp3) is 0.118. The van der Waals surface area contributed by atoms with Crippen LogP contribution in [-0.2, 0) is 18.9 Å². The molecular weight excluding hydrogens is 798 g/mol. The van der Waals surface area contributed by atoms with Gasteiger partial charge in [-0.25, -0.2) is 0 Å². The smallest absolute Gasteiger partial charge is 0.386 e. The van der Waals surface area contributed by atoms with Crippen molar-refractivity contribution in [1.82, 2.24) is 0 Å². The molecule has 6 rings (SSSR count). The van der Waals surface area contributed by atoms with Gasteiger partial charge in [0.25, 0.3) is 0 Å². The Morgan fingerprint density at radius 2 is 0.597 bits per heavy atom. The number of phosphoric acid groups is 1. The Kier molecular flexibility index (Phi) is 14.4. The van der Waals surface area contributed by atoms with Crippen LogP contribution in [-0.4, -0.2) is 17.7 Å². The highest BCUT2D eigenvalue weighted by atomic mass is 31.2. The zero-order chi connectivity index (χ0) is 44.2. The average Bonchev–Trinajstić information content (AvgIpc) is 3.29. The van der Waals surface area contributed by atoms with Gasteiger partial charge in [-0.1, -0.05) is 113 Å². The molecule has 3 N–H and O–H groups in total. The molecule has 0 aromatic heterocycles. The first kappa shape index (κ1) is 44.1. The van der Waals surface area contributed by atoms with Crippen LogP contribution in [0.5, 0.6) is 17.2 Å². The summed E-state index contributed by atoms with van der Waals surface area (Å²) in [4.78, 5) is 35.1. The van der Waals surface area contributed by atoms with Gasteiger partial charge in [0.05, 0.1) is 0 Å². The van der Waals surface area contributed by atoms with E-state index in [0.717, 1.165) is 33.4 Å². The normalized spacial score (nSPS) is 13.1. The Balaban J connectivity index is 1.20. The SMILES string of the molecule is C=CC(=O)Nc1ccc(C(C)c2ccc(OP(=O)(Oc3ccc(C(C)c4ccc(NC(=O)C=C)cc4)cc3)Oc3ccc(C(C)c4ccc(NC(=O)C=C)cc4)cc3)cc2)cc1. The molecule has 3 amide bonds. The fourth-order valence-corrected chi connectivity index (χ4v) is 7.87. The standard InChI is InChI=1S/C51H48N3O7P/c1-7-49(55)52-43-22-10-37(11-23-43)34(4)40-16-28-46(29-17-40)59-62(58,60-47-30-18-41(19-31-47)35(5)38-12-24-44(25-13-38)53-50(56)8-2)61-48-32-20-42(21-33-48)36(6)39-14-26-45(27-15-39)54-51(57)9-3/h7-36H,1-3H2,4-6H3,(H,52,55)(H,53,56)(H,54,57). The number of hydrogen-bond donors (Lipinski definition) is 3. The molecule has 62 heavy (non-hydrogen) atoms.